The first-order valence-corrected chi connectivity index (χ1v) is 8.08. The van der Waals surface area contributed by atoms with Crippen molar-refractivity contribution >= 4 is 11.6 Å². The van der Waals surface area contributed by atoms with E-state index in [9.17, 15) is 0 Å². The van der Waals surface area contributed by atoms with Gasteiger partial charge in [-0.05, 0) is 26.0 Å². The summed E-state index contributed by atoms with van der Waals surface area (Å²) >= 11 is 0. The maximum atomic E-state index is 5.94. The minimum absolute atomic E-state index is 0. The van der Waals surface area contributed by atoms with E-state index in [1.54, 1.807) is 0 Å². The molecule has 1 saturated carbocycles. The van der Waals surface area contributed by atoms with Crippen LogP contribution in [0, 0.1) is 6.04 Å². The van der Waals surface area contributed by atoms with Crippen LogP contribution in [0.15, 0.2) is 35.3 Å². The van der Waals surface area contributed by atoms with Crippen molar-refractivity contribution < 1.29 is 23.6 Å². The van der Waals surface area contributed by atoms with Crippen LogP contribution in [0.3, 0.4) is 0 Å². The molecule has 0 N–H and O–H groups in total. The van der Waals surface area contributed by atoms with Gasteiger partial charge in [-0.1, -0.05) is 55.8 Å². The van der Waals surface area contributed by atoms with Gasteiger partial charge in [0.05, 0.1) is 11.4 Å². The minimum atomic E-state index is -0.0802. The molecule has 4 heteroatoms. The van der Waals surface area contributed by atoms with E-state index in [1.165, 1.54) is 43.8 Å². The molecule has 1 aromatic rings. The molecule has 2 aliphatic heterocycles. The quantitative estimate of drug-likeness (QED) is 0.460. The average molecular weight is 290 g/mol. The standard InChI is InChI=1S/C18H23N2O.Li/c1-17(2)13-21-16(19-17)15-18(11-7-4-8-12-18)20(15)14-9-5-3-6-10-14;/h3,5-6,9-10H,4,7-8,11-13H2,1-2H3;/q-1;+1. The number of aliphatic imine (C=N–C) groups is 1. The molecule has 0 unspecified atom stereocenters. The summed E-state index contributed by atoms with van der Waals surface area (Å²) in [6, 6.07) is 12.0. The first-order valence-electron chi connectivity index (χ1n) is 8.08. The van der Waals surface area contributed by atoms with Crippen LogP contribution in [0.2, 0.25) is 0 Å². The Morgan fingerprint density at radius 2 is 1.77 bits per heavy atom. The molecular formula is C18H23LiN2O. The molecule has 4 rings (SSSR count). The number of ether oxygens (including phenoxy) is 1. The number of nitrogens with zero attached hydrogens (tertiary/aromatic N) is 2. The molecule has 0 bridgehead atoms. The molecule has 1 spiro atoms. The van der Waals surface area contributed by atoms with Crippen molar-refractivity contribution in [2.75, 3.05) is 11.5 Å². The summed E-state index contributed by atoms with van der Waals surface area (Å²) < 4.78 is 5.94. The second-order valence-electron chi connectivity index (χ2n) is 7.13. The molecule has 3 nitrogen and oxygen atoms in total. The van der Waals surface area contributed by atoms with E-state index in [0.29, 0.717) is 6.61 Å². The van der Waals surface area contributed by atoms with Gasteiger partial charge in [-0.2, -0.15) is 6.04 Å². The number of rotatable bonds is 2. The van der Waals surface area contributed by atoms with Crippen molar-refractivity contribution in [3.8, 4) is 0 Å². The van der Waals surface area contributed by atoms with Crippen LogP contribution >= 0.6 is 0 Å². The van der Waals surface area contributed by atoms with Crippen LogP contribution in [0.1, 0.15) is 46.0 Å². The number of hydrogen-bond donors (Lipinski definition) is 0. The zero-order chi connectivity index (χ0) is 14.5. The van der Waals surface area contributed by atoms with E-state index < -0.39 is 0 Å². The molecule has 2 fully saturated rings. The Balaban J connectivity index is 0.00000144. The molecule has 112 valence electrons. The summed E-state index contributed by atoms with van der Waals surface area (Å²) in [7, 11) is 0. The van der Waals surface area contributed by atoms with Gasteiger partial charge in [0, 0.05) is 5.69 Å². The SMILES string of the molecule is CC1(C)COC([C-]2N(c3ccccc3)C23CCCCC3)=N1.[Li+]. The molecule has 1 aromatic carbocycles. The summed E-state index contributed by atoms with van der Waals surface area (Å²) in [5.41, 5.74) is 1.40. The Labute approximate surface area is 145 Å². The van der Waals surface area contributed by atoms with Gasteiger partial charge in [0.25, 0.3) is 0 Å². The van der Waals surface area contributed by atoms with Crippen LogP contribution in [0.25, 0.3) is 0 Å². The van der Waals surface area contributed by atoms with Crippen LogP contribution in [0.4, 0.5) is 5.69 Å². The van der Waals surface area contributed by atoms with Crippen LogP contribution in [-0.4, -0.2) is 23.6 Å². The van der Waals surface area contributed by atoms with Crippen molar-refractivity contribution in [1.29, 1.82) is 0 Å². The van der Waals surface area contributed by atoms with Gasteiger partial charge in [0.2, 0.25) is 0 Å². The molecule has 2 heterocycles. The number of hydrogen-bond acceptors (Lipinski definition) is 3. The number of anilines is 1. The minimum Gasteiger partial charge on any atom is -0.509 e. The average Bonchev–Trinajstić information content (AvgIpc) is 2.96. The van der Waals surface area contributed by atoms with Gasteiger partial charge in [-0.3, -0.25) is 4.99 Å². The third-order valence-corrected chi connectivity index (χ3v) is 4.91. The fourth-order valence-corrected chi connectivity index (χ4v) is 3.87. The van der Waals surface area contributed by atoms with Gasteiger partial charge >= 0.3 is 18.9 Å². The third-order valence-electron chi connectivity index (χ3n) is 4.91. The second kappa shape index (κ2) is 5.55. The maximum absolute atomic E-state index is 5.94. The molecular weight excluding hydrogens is 267 g/mol. The summed E-state index contributed by atoms with van der Waals surface area (Å²) in [4.78, 5) is 7.30. The van der Waals surface area contributed by atoms with E-state index >= 15 is 0 Å². The van der Waals surface area contributed by atoms with E-state index in [4.69, 9.17) is 9.73 Å². The van der Waals surface area contributed by atoms with E-state index in [1.807, 2.05) is 0 Å². The van der Waals surface area contributed by atoms with Crippen molar-refractivity contribution in [2.45, 2.75) is 57.0 Å². The normalized spacial score (nSPS) is 24.5. The molecule has 0 amide bonds. The first-order chi connectivity index (χ1) is 10.1. The van der Waals surface area contributed by atoms with E-state index in [-0.39, 0.29) is 29.9 Å². The molecule has 0 atom stereocenters. The molecule has 0 aromatic heterocycles. The number of benzene rings is 1. The zero-order valence-corrected chi connectivity index (χ0v) is 13.9. The Morgan fingerprint density at radius 3 is 2.36 bits per heavy atom. The Hall–Kier alpha value is -1.04. The maximum Gasteiger partial charge on any atom is 1.00 e. The van der Waals surface area contributed by atoms with Crippen molar-refractivity contribution in [2.24, 2.45) is 4.99 Å². The zero-order valence-electron chi connectivity index (χ0n) is 13.9. The molecule has 1 aliphatic carbocycles. The topological polar surface area (TPSA) is 24.6 Å². The predicted molar refractivity (Wildman–Crippen MR) is 85.4 cm³/mol. The van der Waals surface area contributed by atoms with Gasteiger partial charge in [0.15, 0.2) is 0 Å². The largest absolute Gasteiger partial charge is 1.00 e. The second-order valence-corrected chi connectivity index (χ2v) is 7.13. The summed E-state index contributed by atoms with van der Waals surface area (Å²) in [6.45, 7) is 4.98. The fourth-order valence-electron chi connectivity index (χ4n) is 3.87. The van der Waals surface area contributed by atoms with Crippen LogP contribution in [-0.2, 0) is 4.74 Å². The van der Waals surface area contributed by atoms with Gasteiger partial charge in [-0.25, -0.2) is 0 Å². The molecule has 3 aliphatic rings. The third kappa shape index (κ3) is 2.45. The van der Waals surface area contributed by atoms with Crippen LogP contribution < -0.4 is 23.8 Å². The van der Waals surface area contributed by atoms with Gasteiger partial charge in [0.1, 0.15) is 6.61 Å². The van der Waals surface area contributed by atoms with Crippen LogP contribution in [0.5, 0.6) is 0 Å². The summed E-state index contributed by atoms with van der Waals surface area (Å²) in [5.74, 6) is 0.894. The predicted octanol–water partition coefficient (Wildman–Crippen LogP) is 0.953. The van der Waals surface area contributed by atoms with E-state index in [0.717, 1.165) is 5.90 Å². The Kier molecular flexibility index (Phi) is 3.99. The number of para-hydroxylation sites is 1. The van der Waals surface area contributed by atoms with Crippen molar-refractivity contribution in [3.05, 3.63) is 36.4 Å². The van der Waals surface area contributed by atoms with E-state index in [2.05, 4.69) is 49.1 Å². The summed E-state index contributed by atoms with van der Waals surface area (Å²) in [6.07, 6.45) is 6.45. The molecule has 22 heavy (non-hydrogen) atoms. The Bertz CT molecular complexity index is 564. The van der Waals surface area contributed by atoms with Gasteiger partial charge in [-0.15, -0.1) is 0 Å². The van der Waals surface area contributed by atoms with Crippen molar-refractivity contribution in [1.82, 2.24) is 0 Å². The fraction of sp³-hybridized carbons (Fsp3) is 0.556. The smallest absolute Gasteiger partial charge is 0.509 e. The summed E-state index contributed by atoms with van der Waals surface area (Å²) in [5, 5.41) is 0. The first kappa shape index (κ1) is 15.8. The van der Waals surface area contributed by atoms with Crippen molar-refractivity contribution in [3.63, 3.8) is 0 Å². The Morgan fingerprint density at radius 1 is 1.09 bits per heavy atom. The monoisotopic (exact) mass is 290 g/mol. The van der Waals surface area contributed by atoms with Gasteiger partial charge < -0.3 is 9.64 Å². The molecule has 1 saturated heterocycles. The molecule has 0 radical (unpaired) electrons.